The number of nitrogens with one attached hydrogen (secondary N) is 1. The Kier molecular flexibility index (Phi) is 5.08. The minimum atomic E-state index is -0.113. The summed E-state index contributed by atoms with van der Waals surface area (Å²) in [7, 11) is 1.78. The van der Waals surface area contributed by atoms with Gasteiger partial charge in [0.05, 0.1) is 0 Å². The Morgan fingerprint density at radius 3 is 2.68 bits per heavy atom. The minimum Gasteiger partial charge on any atom is -0.360 e. The number of rotatable bonds is 6. The molecule has 0 unspecified atom stereocenters. The molecule has 1 amide bonds. The predicted molar refractivity (Wildman–Crippen MR) is 83.2 cm³/mol. The second kappa shape index (κ2) is 7.02. The molecule has 2 heterocycles. The molecule has 0 saturated carbocycles. The van der Waals surface area contributed by atoms with E-state index >= 15 is 0 Å². The molecule has 22 heavy (non-hydrogen) atoms. The molecule has 2 aromatic heterocycles. The van der Waals surface area contributed by atoms with Crippen LogP contribution in [0, 0.1) is 13.8 Å². The third-order valence-electron chi connectivity index (χ3n) is 3.13. The molecule has 0 bridgehead atoms. The maximum Gasteiger partial charge on any atom is 0.272 e. The lowest BCUT2D eigenvalue weighted by Crippen LogP contribution is -2.28. The van der Waals surface area contributed by atoms with Crippen molar-refractivity contribution in [1.29, 1.82) is 0 Å². The first-order chi connectivity index (χ1) is 10.5. The Bertz CT molecular complexity index is 653. The van der Waals surface area contributed by atoms with Gasteiger partial charge in [0.2, 0.25) is 0 Å². The maximum absolute atomic E-state index is 12.4. The van der Waals surface area contributed by atoms with Crippen molar-refractivity contribution in [2.45, 2.75) is 33.6 Å². The molecule has 0 saturated heterocycles. The van der Waals surface area contributed by atoms with Gasteiger partial charge in [-0.05, 0) is 20.3 Å². The molecule has 0 atom stereocenters. The Morgan fingerprint density at radius 1 is 1.27 bits per heavy atom. The van der Waals surface area contributed by atoms with E-state index in [9.17, 15) is 4.79 Å². The summed E-state index contributed by atoms with van der Waals surface area (Å²) in [6.45, 7) is 6.36. The van der Waals surface area contributed by atoms with Crippen molar-refractivity contribution in [3.63, 3.8) is 0 Å². The quantitative estimate of drug-likeness (QED) is 0.883. The van der Waals surface area contributed by atoms with E-state index in [1.807, 2.05) is 0 Å². The molecule has 0 aromatic carbocycles. The number of hydrogen-bond acceptors (Lipinski definition) is 6. The largest absolute Gasteiger partial charge is 0.360 e. The van der Waals surface area contributed by atoms with E-state index in [-0.39, 0.29) is 5.91 Å². The predicted octanol–water partition coefficient (Wildman–Crippen LogP) is 2.70. The maximum atomic E-state index is 12.4. The summed E-state index contributed by atoms with van der Waals surface area (Å²) in [6, 6.07) is 3.38. The third kappa shape index (κ3) is 4.03. The highest BCUT2D eigenvalue weighted by Crippen LogP contribution is 2.16. The van der Waals surface area contributed by atoms with Crippen LogP contribution < -0.4 is 5.32 Å². The summed E-state index contributed by atoms with van der Waals surface area (Å²) in [5, 5.41) is 6.87. The molecule has 7 heteroatoms. The molecule has 0 aliphatic carbocycles. The zero-order valence-corrected chi connectivity index (χ0v) is 13.4. The molecule has 2 rings (SSSR count). The van der Waals surface area contributed by atoms with Crippen molar-refractivity contribution in [3.05, 3.63) is 29.4 Å². The lowest BCUT2D eigenvalue weighted by Gasteiger charge is -2.16. The Hall–Kier alpha value is -2.44. The number of anilines is 2. The fourth-order valence-electron chi connectivity index (χ4n) is 1.99. The second-order valence-electron chi connectivity index (χ2n) is 5.21. The third-order valence-corrected chi connectivity index (χ3v) is 3.13. The van der Waals surface area contributed by atoms with E-state index in [2.05, 4.69) is 27.4 Å². The Balaban J connectivity index is 2.17. The van der Waals surface area contributed by atoms with Gasteiger partial charge in [0.1, 0.15) is 23.1 Å². The summed E-state index contributed by atoms with van der Waals surface area (Å²) < 4.78 is 5.00. The molecule has 7 nitrogen and oxygen atoms in total. The summed E-state index contributed by atoms with van der Waals surface area (Å²) in [5.74, 6) is 2.18. The van der Waals surface area contributed by atoms with Crippen LogP contribution in [0.5, 0.6) is 0 Å². The van der Waals surface area contributed by atoms with Crippen LogP contribution in [0.1, 0.15) is 41.8 Å². The number of aryl methyl sites for hydroxylation is 2. The van der Waals surface area contributed by atoms with Crippen molar-refractivity contribution >= 4 is 17.5 Å². The number of carbonyl (C=O) groups excluding carboxylic acids is 1. The van der Waals surface area contributed by atoms with Crippen LogP contribution in [0.25, 0.3) is 0 Å². The molecule has 118 valence electrons. The standard InChI is InChI=1S/C15H21N5O2/c1-5-6-7-20(4)15(21)12-9-13(17-11(3)16-12)18-14-8-10(2)22-19-14/h8-9H,5-7H2,1-4H3,(H,16,17,18,19). The zero-order chi connectivity index (χ0) is 16.1. The van der Waals surface area contributed by atoms with Crippen molar-refractivity contribution in [3.8, 4) is 0 Å². The summed E-state index contributed by atoms with van der Waals surface area (Å²) in [6.07, 6.45) is 2.01. The lowest BCUT2D eigenvalue weighted by atomic mass is 10.3. The van der Waals surface area contributed by atoms with Gasteiger partial charge in [0.25, 0.3) is 5.91 Å². The van der Waals surface area contributed by atoms with E-state index in [1.165, 1.54) is 0 Å². The Morgan fingerprint density at radius 2 is 2.05 bits per heavy atom. The summed E-state index contributed by atoms with van der Waals surface area (Å²) in [4.78, 5) is 22.6. The first kappa shape index (κ1) is 15.9. The molecule has 0 aliphatic rings. The van der Waals surface area contributed by atoms with Gasteiger partial charge in [-0.15, -0.1) is 0 Å². The highest BCUT2D eigenvalue weighted by atomic mass is 16.5. The van der Waals surface area contributed by atoms with Crippen LogP contribution in [0.3, 0.4) is 0 Å². The van der Waals surface area contributed by atoms with Crippen molar-refractivity contribution in [1.82, 2.24) is 20.0 Å². The molecule has 0 spiro atoms. The van der Waals surface area contributed by atoms with Crippen LogP contribution in [0.15, 0.2) is 16.7 Å². The van der Waals surface area contributed by atoms with Gasteiger partial charge in [-0.1, -0.05) is 18.5 Å². The molecule has 2 aromatic rings. The van der Waals surface area contributed by atoms with E-state index < -0.39 is 0 Å². The number of nitrogens with zero attached hydrogens (tertiary/aromatic N) is 4. The molecular weight excluding hydrogens is 282 g/mol. The SMILES string of the molecule is CCCCN(C)C(=O)c1cc(Nc2cc(C)on2)nc(C)n1. The number of aromatic nitrogens is 3. The normalized spacial score (nSPS) is 10.5. The van der Waals surface area contributed by atoms with Gasteiger partial charge in [0.15, 0.2) is 5.82 Å². The topological polar surface area (TPSA) is 84.2 Å². The molecule has 1 N–H and O–H groups in total. The van der Waals surface area contributed by atoms with Crippen LogP contribution in [0.4, 0.5) is 11.6 Å². The molecule has 0 aliphatic heterocycles. The van der Waals surface area contributed by atoms with Crippen molar-refractivity contribution in [2.75, 3.05) is 18.9 Å². The number of unbranched alkanes of at least 4 members (excludes halogenated alkanes) is 1. The van der Waals surface area contributed by atoms with E-state index in [4.69, 9.17) is 4.52 Å². The van der Waals surface area contributed by atoms with Crippen LogP contribution in [-0.2, 0) is 0 Å². The second-order valence-corrected chi connectivity index (χ2v) is 5.21. The van der Waals surface area contributed by atoms with Gasteiger partial charge in [-0.2, -0.15) is 0 Å². The van der Waals surface area contributed by atoms with Crippen molar-refractivity contribution in [2.24, 2.45) is 0 Å². The first-order valence-electron chi connectivity index (χ1n) is 7.31. The van der Waals surface area contributed by atoms with E-state index in [1.54, 1.807) is 37.9 Å². The van der Waals surface area contributed by atoms with Crippen molar-refractivity contribution < 1.29 is 9.32 Å². The minimum absolute atomic E-state index is 0.113. The van der Waals surface area contributed by atoms with E-state index in [0.717, 1.165) is 12.8 Å². The summed E-state index contributed by atoms with van der Waals surface area (Å²) in [5.41, 5.74) is 0.369. The highest BCUT2D eigenvalue weighted by molar-refractivity contribution is 5.92. The Labute approximate surface area is 129 Å². The molecule has 0 radical (unpaired) electrons. The zero-order valence-electron chi connectivity index (χ0n) is 13.4. The van der Waals surface area contributed by atoms with Crippen LogP contribution in [0.2, 0.25) is 0 Å². The average Bonchev–Trinajstić information content (AvgIpc) is 2.88. The first-order valence-corrected chi connectivity index (χ1v) is 7.31. The van der Waals surface area contributed by atoms with Gasteiger partial charge >= 0.3 is 0 Å². The molecular formula is C15H21N5O2. The number of hydrogen-bond donors (Lipinski definition) is 1. The van der Waals surface area contributed by atoms with Gasteiger partial charge in [0, 0.05) is 25.7 Å². The van der Waals surface area contributed by atoms with E-state index in [0.29, 0.717) is 35.5 Å². The smallest absolute Gasteiger partial charge is 0.272 e. The van der Waals surface area contributed by atoms with Gasteiger partial charge in [-0.3, -0.25) is 4.79 Å². The number of amides is 1. The van der Waals surface area contributed by atoms with Gasteiger partial charge in [-0.25, -0.2) is 9.97 Å². The van der Waals surface area contributed by atoms with Crippen LogP contribution in [-0.4, -0.2) is 39.5 Å². The monoisotopic (exact) mass is 303 g/mol. The number of carbonyl (C=O) groups is 1. The van der Waals surface area contributed by atoms with Crippen LogP contribution >= 0.6 is 0 Å². The molecule has 0 fully saturated rings. The average molecular weight is 303 g/mol. The fraction of sp³-hybridized carbons (Fsp3) is 0.467. The fourth-order valence-corrected chi connectivity index (χ4v) is 1.99. The highest BCUT2D eigenvalue weighted by Gasteiger charge is 2.15. The lowest BCUT2D eigenvalue weighted by molar-refractivity contribution is 0.0787. The van der Waals surface area contributed by atoms with Gasteiger partial charge < -0.3 is 14.7 Å². The summed E-state index contributed by atoms with van der Waals surface area (Å²) >= 11 is 0.